The van der Waals surface area contributed by atoms with Gasteiger partial charge in [0.2, 0.25) is 5.91 Å². The molecule has 0 aromatic heterocycles. The van der Waals surface area contributed by atoms with E-state index in [2.05, 4.69) is 17.4 Å². The van der Waals surface area contributed by atoms with Crippen LogP contribution in [0.3, 0.4) is 0 Å². The van der Waals surface area contributed by atoms with Gasteiger partial charge in [-0.1, -0.05) is 30.3 Å². The van der Waals surface area contributed by atoms with E-state index in [4.69, 9.17) is 0 Å². The van der Waals surface area contributed by atoms with Gasteiger partial charge in [0.05, 0.1) is 0 Å². The number of benzene rings is 1. The highest BCUT2D eigenvalue weighted by Gasteiger charge is 2.21. The molecule has 0 aliphatic carbocycles. The number of carbonyl (C=O) groups excluding carboxylic acids is 1. The first-order valence-corrected chi connectivity index (χ1v) is 6.77. The number of nitrogens with zero attached hydrogens (tertiary/aromatic N) is 1. The zero-order chi connectivity index (χ0) is 12.8. The first kappa shape index (κ1) is 16.0. The summed E-state index contributed by atoms with van der Waals surface area (Å²) in [7, 11) is 1.95. The molecule has 1 N–H and O–H groups in total. The number of amides is 1. The highest BCUT2D eigenvalue weighted by Crippen LogP contribution is 2.12. The van der Waals surface area contributed by atoms with Gasteiger partial charge in [-0.3, -0.25) is 4.79 Å². The summed E-state index contributed by atoms with van der Waals surface area (Å²) in [6.07, 6.45) is 3.61. The van der Waals surface area contributed by atoms with Crippen molar-refractivity contribution in [3.05, 3.63) is 35.9 Å². The Kier molecular flexibility index (Phi) is 6.89. The van der Waals surface area contributed by atoms with Gasteiger partial charge in [-0.05, 0) is 37.9 Å². The Morgan fingerprint density at radius 3 is 2.53 bits per heavy atom. The number of hydrogen-bond donors (Lipinski definition) is 1. The maximum atomic E-state index is 12.1. The second-order valence-electron chi connectivity index (χ2n) is 4.97. The molecule has 1 saturated heterocycles. The monoisotopic (exact) mass is 282 g/mol. The van der Waals surface area contributed by atoms with E-state index in [9.17, 15) is 4.79 Å². The van der Waals surface area contributed by atoms with E-state index in [0.717, 1.165) is 32.4 Å². The first-order valence-electron chi connectivity index (χ1n) is 6.77. The molecule has 1 aromatic carbocycles. The number of rotatable bonds is 4. The summed E-state index contributed by atoms with van der Waals surface area (Å²) >= 11 is 0. The van der Waals surface area contributed by atoms with Crippen molar-refractivity contribution in [2.45, 2.75) is 31.7 Å². The standard InChI is InChI=1S/C15H22N2O.ClH/c1-17(14-9-11-16-12-10-14)15(18)8-7-13-5-3-2-4-6-13;/h2-6,14,16H,7-12H2,1H3;1H. The van der Waals surface area contributed by atoms with Crippen LogP contribution in [-0.2, 0) is 11.2 Å². The molecular formula is C15H23ClN2O. The average Bonchev–Trinajstić information content (AvgIpc) is 2.46. The molecule has 4 heteroatoms. The third kappa shape index (κ3) is 4.84. The fourth-order valence-electron chi connectivity index (χ4n) is 2.47. The Bertz CT molecular complexity index is 377. The number of carbonyl (C=O) groups is 1. The summed E-state index contributed by atoms with van der Waals surface area (Å²) in [4.78, 5) is 14.1. The van der Waals surface area contributed by atoms with E-state index in [0.29, 0.717) is 12.5 Å². The van der Waals surface area contributed by atoms with Crippen molar-refractivity contribution in [2.24, 2.45) is 0 Å². The lowest BCUT2D eigenvalue weighted by Gasteiger charge is -2.31. The normalized spacial score (nSPS) is 15.6. The molecule has 0 atom stereocenters. The van der Waals surface area contributed by atoms with E-state index in [1.54, 1.807) is 0 Å². The van der Waals surface area contributed by atoms with Crippen LogP contribution in [-0.4, -0.2) is 37.0 Å². The number of piperidine rings is 1. The van der Waals surface area contributed by atoms with Crippen LogP contribution in [0.15, 0.2) is 30.3 Å². The van der Waals surface area contributed by atoms with Gasteiger partial charge in [0.1, 0.15) is 0 Å². The molecule has 106 valence electrons. The Labute approximate surface area is 121 Å². The molecule has 2 rings (SSSR count). The Balaban J connectivity index is 0.00000180. The maximum Gasteiger partial charge on any atom is 0.222 e. The van der Waals surface area contributed by atoms with Crippen LogP contribution in [0, 0.1) is 0 Å². The second-order valence-corrected chi connectivity index (χ2v) is 4.97. The zero-order valence-electron chi connectivity index (χ0n) is 11.5. The van der Waals surface area contributed by atoms with E-state index in [1.807, 2.05) is 30.1 Å². The van der Waals surface area contributed by atoms with Crippen LogP contribution in [0.5, 0.6) is 0 Å². The molecule has 3 nitrogen and oxygen atoms in total. The van der Waals surface area contributed by atoms with E-state index >= 15 is 0 Å². The van der Waals surface area contributed by atoms with Crippen LogP contribution in [0.25, 0.3) is 0 Å². The number of hydrogen-bond acceptors (Lipinski definition) is 2. The number of halogens is 1. The van der Waals surface area contributed by atoms with Crippen molar-refractivity contribution in [3.8, 4) is 0 Å². The summed E-state index contributed by atoms with van der Waals surface area (Å²) in [5.41, 5.74) is 1.24. The molecule has 0 spiro atoms. The fourth-order valence-corrected chi connectivity index (χ4v) is 2.47. The smallest absolute Gasteiger partial charge is 0.222 e. The molecule has 0 radical (unpaired) electrons. The van der Waals surface area contributed by atoms with E-state index in [-0.39, 0.29) is 18.3 Å². The molecule has 1 amide bonds. The highest BCUT2D eigenvalue weighted by molar-refractivity contribution is 5.85. The van der Waals surface area contributed by atoms with Gasteiger partial charge in [0, 0.05) is 19.5 Å². The largest absolute Gasteiger partial charge is 0.343 e. The second kappa shape index (κ2) is 8.18. The minimum absolute atomic E-state index is 0. The predicted molar refractivity (Wildman–Crippen MR) is 80.7 cm³/mol. The van der Waals surface area contributed by atoms with Crippen molar-refractivity contribution in [2.75, 3.05) is 20.1 Å². The molecule has 0 unspecified atom stereocenters. The predicted octanol–water partition coefficient (Wildman–Crippen LogP) is 2.25. The molecule has 1 fully saturated rings. The molecule has 19 heavy (non-hydrogen) atoms. The van der Waals surface area contributed by atoms with Crippen molar-refractivity contribution in [3.63, 3.8) is 0 Å². The molecule has 0 saturated carbocycles. The average molecular weight is 283 g/mol. The molecular weight excluding hydrogens is 260 g/mol. The first-order chi connectivity index (χ1) is 8.77. The van der Waals surface area contributed by atoms with Crippen molar-refractivity contribution < 1.29 is 4.79 Å². The quantitative estimate of drug-likeness (QED) is 0.919. The summed E-state index contributed by atoms with van der Waals surface area (Å²) < 4.78 is 0. The van der Waals surface area contributed by atoms with Crippen LogP contribution >= 0.6 is 12.4 Å². The van der Waals surface area contributed by atoms with Crippen LogP contribution in [0.4, 0.5) is 0 Å². The molecule has 0 bridgehead atoms. The van der Waals surface area contributed by atoms with Crippen LogP contribution in [0.2, 0.25) is 0 Å². The minimum atomic E-state index is 0. The summed E-state index contributed by atoms with van der Waals surface area (Å²) in [5.74, 6) is 0.269. The highest BCUT2D eigenvalue weighted by atomic mass is 35.5. The van der Waals surface area contributed by atoms with Gasteiger partial charge in [-0.15, -0.1) is 12.4 Å². The lowest BCUT2D eigenvalue weighted by atomic mass is 10.0. The van der Waals surface area contributed by atoms with Gasteiger partial charge in [-0.2, -0.15) is 0 Å². The Morgan fingerprint density at radius 2 is 1.89 bits per heavy atom. The fraction of sp³-hybridized carbons (Fsp3) is 0.533. The number of nitrogens with one attached hydrogen (secondary N) is 1. The Hall–Kier alpha value is -1.06. The number of aryl methyl sites for hydroxylation is 1. The summed E-state index contributed by atoms with van der Waals surface area (Å²) in [5, 5.41) is 3.33. The Morgan fingerprint density at radius 1 is 1.26 bits per heavy atom. The third-order valence-corrected chi connectivity index (χ3v) is 3.72. The van der Waals surface area contributed by atoms with Gasteiger partial charge in [0.25, 0.3) is 0 Å². The van der Waals surface area contributed by atoms with Crippen molar-refractivity contribution in [1.29, 1.82) is 0 Å². The van der Waals surface area contributed by atoms with Crippen LogP contribution < -0.4 is 5.32 Å². The zero-order valence-corrected chi connectivity index (χ0v) is 12.3. The molecule has 1 aromatic rings. The van der Waals surface area contributed by atoms with Crippen molar-refractivity contribution >= 4 is 18.3 Å². The summed E-state index contributed by atoms with van der Waals surface area (Å²) in [6, 6.07) is 10.6. The lowest BCUT2D eigenvalue weighted by molar-refractivity contribution is -0.132. The van der Waals surface area contributed by atoms with E-state index < -0.39 is 0 Å². The lowest BCUT2D eigenvalue weighted by Crippen LogP contribution is -2.44. The van der Waals surface area contributed by atoms with Crippen molar-refractivity contribution in [1.82, 2.24) is 10.2 Å². The minimum Gasteiger partial charge on any atom is -0.343 e. The van der Waals surface area contributed by atoms with Gasteiger partial charge in [-0.25, -0.2) is 0 Å². The van der Waals surface area contributed by atoms with Gasteiger partial charge in [0.15, 0.2) is 0 Å². The summed E-state index contributed by atoms with van der Waals surface area (Å²) in [6.45, 7) is 2.06. The van der Waals surface area contributed by atoms with Gasteiger partial charge < -0.3 is 10.2 Å². The maximum absolute atomic E-state index is 12.1. The topological polar surface area (TPSA) is 32.3 Å². The molecule has 1 aliphatic rings. The third-order valence-electron chi connectivity index (χ3n) is 3.72. The molecule has 1 aliphatic heterocycles. The van der Waals surface area contributed by atoms with Crippen LogP contribution in [0.1, 0.15) is 24.8 Å². The van der Waals surface area contributed by atoms with Gasteiger partial charge >= 0.3 is 0 Å². The SMILES string of the molecule is CN(C(=O)CCc1ccccc1)C1CCNCC1.Cl. The van der Waals surface area contributed by atoms with E-state index in [1.165, 1.54) is 5.56 Å². The molecule has 1 heterocycles.